The Hall–Kier alpha value is -0.430. The SMILES string of the molecule is O=S(O)NN1CCC=CN1. The van der Waals surface area contributed by atoms with Crippen LogP contribution in [-0.4, -0.2) is 20.4 Å². The van der Waals surface area contributed by atoms with Gasteiger partial charge < -0.3 is 5.43 Å². The Morgan fingerprint density at radius 3 is 3.10 bits per heavy atom. The van der Waals surface area contributed by atoms with Gasteiger partial charge in [-0.25, -0.2) is 4.21 Å². The fourth-order valence-corrected chi connectivity index (χ4v) is 0.993. The second-order valence-corrected chi connectivity index (χ2v) is 2.49. The van der Waals surface area contributed by atoms with Crippen LogP contribution in [0, 0.1) is 0 Å². The summed E-state index contributed by atoms with van der Waals surface area (Å²) in [6.07, 6.45) is 4.53. The third-order valence-electron chi connectivity index (χ3n) is 1.06. The molecule has 0 aromatic heterocycles. The number of nitrogens with one attached hydrogen (secondary N) is 2. The lowest BCUT2D eigenvalue weighted by Crippen LogP contribution is -2.48. The van der Waals surface area contributed by atoms with E-state index < -0.39 is 11.3 Å². The third kappa shape index (κ3) is 2.44. The van der Waals surface area contributed by atoms with Crippen LogP contribution >= 0.6 is 0 Å². The second-order valence-electron chi connectivity index (χ2n) is 1.81. The summed E-state index contributed by atoms with van der Waals surface area (Å²) in [5.74, 6) is 0. The lowest BCUT2D eigenvalue weighted by atomic mass is 10.4. The van der Waals surface area contributed by atoms with Crippen molar-refractivity contribution in [3.05, 3.63) is 12.3 Å². The van der Waals surface area contributed by atoms with Gasteiger partial charge in [0.1, 0.15) is 0 Å². The van der Waals surface area contributed by atoms with Crippen LogP contribution in [0.5, 0.6) is 0 Å². The molecule has 0 aromatic carbocycles. The summed E-state index contributed by atoms with van der Waals surface area (Å²) >= 11 is -1.98. The minimum absolute atomic E-state index is 0.683. The minimum Gasteiger partial charge on any atom is -0.312 e. The summed E-state index contributed by atoms with van der Waals surface area (Å²) < 4.78 is 18.5. The Labute approximate surface area is 61.5 Å². The first-order chi connectivity index (χ1) is 4.79. The van der Waals surface area contributed by atoms with Crippen LogP contribution in [-0.2, 0) is 11.3 Å². The van der Waals surface area contributed by atoms with Crippen molar-refractivity contribution in [3.8, 4) is 0 Å². The van der Waals surface area contributed by atoms with Crippen LogP contribution in [0.3, 0.4) is 0 Å². The molecule has 10 heavy (non-hydrogen) atoms. The highest BCUT2D eigenvalue weighted by Crippen LogP contribution is 1.91. The normalized spacial score (nSPS) is 22.1. The minimum atomic E-state index is -1.98. The topological polar surface area (TPSA) is 64.6 Å². The maximum Gasteiger partial charge on any atom is 0.247 e. The zero-order chi connectivity index (χ0) is 7.40. The Kier molecular flexibility index (Phi) is 2.82. The van der Waals surface area contributed by atoms with E-state index in [1.807, 2.05) is 6.08 Å². The quantitative estimate of drug-likeness (QED) is 0.473. The van der Waals surface area contributed by atoms with Crippen molar-refractivity contribution in [2.45, 2.75) is 6.42 Å². The van der Waals surface area contributed by atoms with Crippen LogP contribution in [0.2, 0.25) is 0 Å². The van der Waals surface area contributed by atoms with Gasteiger partial charge in [-0.2, -0.15) is 0 Å². The Morgan fingerprint density at radius 1 is 1.80 bits per heavy atom. The molecule has 0 bridgehead atoms. The molecule has 0 aromatic rings. The lowest BCUT2D eigenvalue weighted by Gasteiger charge is -2.22. The van der Waals surface area contributed by atoms with Gasteiger partial charge in [0.25, 0.3) is 0 Å². The average molecular weight is 163 g/mol. The van der Waals surface area contributed by atoms with Crippen molar-refractivity contribution < 1.29 is 8.76 Å². The number of hydrogen-bond acceptors (Lipinski definition) is 3. The Bertz CT molecular complexity index is 161. The first-order valence-electron chi connectivity index (χ1n) is 2.85. The molecule has 1 aliphatic heterocycles. The fourth-order valence-electron chi connectivity index (χ4n) is 0.660. The van der Waals surface area contributed by atoms with E-state index in [1.54, 1.807) is 6.20 Å². The Morgan fingerprint density at radius 2 is 2.60 bits per heavy atom. The van der Waals surface area contributed by atoms with Crippen LogP contribution in [0.4, 0.5) is 0 Å². The van der Waals surface area contributed by atoms with Crippen LogP contribution in [0.15, 0.2) is 12.3 Å². The van der Waals surface area contributed by atoms with Gasteiger partial charge in [-0.3, -0.25) is 4.55 Å². The largest absolute Gasteiger partial charge is 0.312 e. The molecule has 1 atom stereocenters. The average Bonchev–Trinajstić information content (AvgIpc) is 1.88. The lowest BCUT2D eigenvalue weighted by molar-refractivity contribution is 0.181. The molecule has 1 rings (SSSR count). The molecule has 0 aliphatic carbocycles. The van der Waals surface area contributed by atoms with Crippen LogP contribution in [0.1, 0.15) is 6.42 Å². The predicted molar refractivity (Wildman–Crippen MR) is 37.5 cm³/mol. The molecule has 0 saturated heterocycles. The molecule has 3 N–H and O–H groups in total. The highest BCUT2D eigenvalue weighted by atomic mass is 32.2. The summed E-state index contributed by atoms with van der Waals surface area (Å²) in [6, 6.07) is 0. The standard InChI is InChI=1S/C4H9N3O2S/c8-10(9)6-7-4-2-1-3-5-7/h1,3,5-6H,2,4H2,(H,8,9). The molecule has 0 spiro atoms. The first kappa shape index (κ1) is 7.67. The van der Waals surface area contributed by atoms with Crippen molar-refractivity contribution in [2.75, 3.05) is 6.54 Å². The zero-order valence-electron chi connectivity index (χ0n) is 5.28. The van der Waals surface area contributed by atoms with E-state index >= 15 is 0 Å². The van der Waals surface area contributed by atoms with E-state index in [4.69, 9.17) is 4.55 Å². The smallest absolute Gasteiger partial charge is 0.247 e. The van der Waals surface area contributed by atoms with Crippen molar-refractivity contribution in [1.29, 1.82) is 0 Å². The predicted octanol–water partition coefficient (Wildman–Crippen LogP) is -0.648. The molecule has 0 radical (unpaired) electrons. The highest BCUT2D eigenvalue weighted by Gasteiger charge is 2.05. The number of nitrogens with zero attached hydrogens (tertiary/aromatic N) is 1. The molecular formula is C4H9N3O2S. The summed E-state index contributed by atoms with van der Waals surface area (Å²) in [4.78, 5) is 2.28. The Balaban J connectivity index is 2.28. The second kappa shape index (κ2) is 3.67. The number of hydrazine groups is 2. The molecule has 0 saturated carbocycles. The van der Waals surface area contributed by atoms with Gasteiger partial charge in [-0.15, -0.1) is 9.95 Å². The monoisotopic (exact) mass is 163 g/mol. The van der Waals surface area contributed by atoms with E-state index in [2.05, 4.69) is 10.3 Å². The van der Waals surface area contributed by atoms with Gasteiger partial charge in [0.2, 0.25) is 11.3 Å². The molecule has 1 aliphatic rings. The fraction of sp³-hybridized carbons (Fsp3) is 0.500. The van der Waals surface area contributed by atoms with Crippen molar-refractivity contribution in [2.24, 2.45) is 0 Å². The molecule has 0 amide bonds. The molecule has 0 fully saturated rings. The van der Waals surface area contributed by atoms with Crippen molar-refractivity contribution in [1.82, 2.24) is 15.4 Å². The van der Waals surface area contributed by atoms with E-state index in [0.29, 0.717) is 6.54 Å². The van der Waals surface area contributed by atoms with E-state index in [1.165, 1.54) is 5.12 Å². The van der Waals surface area contributed by atoms with Gasteiger partial charge in [0.15, 0.2) is 0 Å². The maximum absolute atomic E-state index is 10.2. The maximum atomic E-state index is 10.2. The molecule has 1 heterocycles. The summed E-state index contributed by atoms with van der Waals surface area (Å²) in [5, 5.41) is 1.45. The molecule has 6 heteroatoms. The summed E-state index contributed by atoms with van der Waals surface area (Å²) in [7, 11) is 0. The molecule has 1 unspecified atom stereocenters. The highest BCUT2D eigenvalue weighted by molar-refractivity contribution is 7.77. The van der Waals surface area contributed by atoms with Crippen LogP contribution < -0.4 is 10.3 Å². The van der Waals surface area contributed by atoms with Gasteiger partial charge in [0, 0.05) is 12.7 Å². The van der Waals surface area contributed by atoms with Crippen LogP contribution in [0.25, 0.3) is 0 Å². The van der Waals surface area contributed by atoms with E-state index in [9.17, 15) is 4.21 Å². The third-order valence-corrected chi connectivity index (χ3v) is 1.43. The number of rotatable bonds is 2. The van der Waals surface area contributed by atoms with Crippen molar-refractivity contribution in [3.63, 3.8) is 0 Å². The first-order valence-corrected chi connectivity index (χ1v) is 3.95. The van der Waals surface area contributed by atoms with Gasteiger partial charge >= 0.3 is 0 Å². The summed E-state index contributed by atoms with van der Waals surface area (Å²) in [5.41, 5.74) is 2.74. The zero-order valence-corrected chi connectivity index (χ0v) is 6.10. The van der Waals surface area contributed by atoms with Gasteiger partial charge in [-0.1, -0.05) is 6.08 Å². The van der Waals surface area contributed by atoms with Gasteiger partial charge in [0.05, 0.1) is 0 Å². The van der Waals surface area contributed by atoms with E-state index in [-0.39, 0.29) is 0 Å². The molecule has 58 valence electrons. The molecular weight excluding hydrogens is 154 g/mol. The van der Waals surface area contributed by atoms with Crippen molar-refractivity contribution >= 4 is 11.3 Å². The molecule has 5 nitrogen and oxygen atoms in total. The summed E-state index contributed by atoms with van der Waals surface area (Å²) in [6.45, 7) is 0.683. The van der Waals surface area contributed by atoms with E-state index in [0.717, 1.165) is 6.42 Å². The number of hydrogen-bond donors (Lipinski definition) is 3. The van der Waals surface area contributed by atoms with Gasteiger partial charge in [-0.05, 0) is 6.42 Å².